The summed E-state index contributed by atoms with van der Waals surface area (Å²) in [5.74, 6) is 1.53. The van der Waals surface area contributed by atoms with Crippen molar-refractivity contribution >= 4 is 33.1 Å². The third kappa shape index (κ3) is 3.35. The Bertz CT molecular complexity index is 576. The molecule has 1 N–H and O–H groups in total. The zero-order valence-electron chi connectivity index (χ0n) is 12.2. The van der Waals surface area contributed by atoms with E-state index < -0.39 is 0 Å². The first-order chi connectivity index (χ1) is 9.43. The molecule has 2 rings (SSSR count). The highest BCUT2D eigenvalue weighted by atomic mass is 79.9. The third-order valence-corrected chi connectivity index (χ3v) is 4.25. The Morgan fingerprint density at radius 2 is 2.05 bits per heavy atom. The molecule has 0 radical (unpaired) electrons. The van der Waals surface area contributed by atoms with Crippen LogP contribution in [0.4, 0.5) is 5.82 Å². The second-order valence-corrected chi connectivity index (χ2v) is 7.26. The van der Waals surface area contributed by atoms with Crippen molar-refractivity contribution in [2.75, 3.05) is 11.9 Å². The summed E-state index contributed by atoms with van der Waals surface area (Å²) in [6, 6.07) is 0. The van der Waals surface area contributed by atoms with E-state index in [1.807, 2.05) is 5.38 Å². The number of nitrogens with zero attached hydrogens (tertiary/aromatic N) is 3. The zero-order valence-corrected chi connectivity index (χ0v) is 14.6. The monoisotopic (exact) mass is 354 g/mol. The van der Waals surface area contributed by atoms with Crippen molar-refractivity contribution in [3.8, 4) is 10.8 Å². The molecule has 4 nitrogen and oxygen atoms in total. The standard InChI is InChI=1S/C14H19BrN4S/c1-5-6-16-11-9(15)10(14(2,3)4)18-12(19-11)13-17-7-8-20-13/h7-8H,5-6H2,1-4H3,(H,16,18,19). The fraction of sp³-hybridized carbons (Fsp3) is 0.500. The maximum absolute atomic E-state index is 4.70. The molecular weight excluding hydrogens is 336 g/mol. The molecule has 2 aromatic heterocycles. The SMILES string of the molecule is CCCNc1nc(-c2nccs2)nc(C(C)(C)C)c1Br. The number of thiazole rings is 1. The Morgan fingerprint density at radius 1 is 1.30 bits per heavy atom. The van der Waals surface area contributed by atoms with E-state index in [-0.39, 0.29) is 5.41 Å². The molecule has 0 saturated heterocycles. The first-order valence-electron chi connectivity index (χ1n) is 6.65. The topological polar surface area (TPSA) is 50.7 Å². The number of hydrogen-bond acceptors (Lipinski definition) is 5. The molecule has 6 heteroatoms. The van der Waals surface area contributed by atoms with Gasteiger partial charge in [-0.05, 0) is 22.4 Å². The van der Waals surface area contributed by atoms with Crippen LogP contribution in [0, 0.1) is 0 Å². The van der Waals surface area contributed by atoms with E-state index in [0.29, 0.717) is 5.82 Å². The quantitative estimate of drug-likeness (QED) is 0.878. The number of hydrogen-bond donors (Lipinski definition) is 1. The summed E-state index contributed by atoms with van der Waals surface area (Å²) in [6.07, 6.45) is 2.83. The van der Waals surface area contributed by atoms with Gasteiger partial charge in [-0.15, -0.1) is 11.3 Å². The molecular formula is C14H19BrN4S. The molecule has 0 aliphatic carbocycles. The summed E-state index contributed by atoms with van der Waals surface area (Å²) in [5.41, 5.74) is 0.937. The van der Waals surface area contributed by atoms with Crippen LogP contribution in [0.2, 0.25) is 0 Å². The van der Waals surface area contributed by atoms with Gasteiger partial charge in [0.05, 0.1) is 10.2 Å². The van der Waals surface area contributed by atoms with Gasteiger partial charge in [0.25, 0.3) is 0 Å². The van der Waals surface area contributed by atoms with Crippen LogP contribution < -0.4 is 5.32 Å². The highest BCUT2D eigenvalue weighted by molar-refractivity contribution is 9.10. The fourth-order valence-corrected chi connectivity index (χ4v) is 3.22. The molecule has 0 saturated carbocycles. The minimum atomic E-state index is -0.0591. The smallest absolute Gasteiger partial charge is 0.191 e. The summed E-state index contributed by atoms with van der Waals surface area (Å²) in [5, 5.41) is 6.15. The van der Waals surface area contributed by atoms with E-state index in [4.69, 9.17) is 4.98 Å². The maximum Gasteiger partial charge on any atom is 0.191 e. The predicted octanol–water partition coefficient (Wildman–Crippen LogP) is 4.48. The molecule has 0 aromatic carbocycles. The van der Waals surface area contributed by atoms with Crippen LogP contribution in [0.15, 0.2) is 16.0 Å². The first kappa shape index (κ1) is 15.4. The van der Waals surface area contributed by atoms with E-state index in [2.05, 4.69) is 58.9 Å². The number of anilines is 1. The van der Waals surface area contributed by atoms with Gasteiger partial charge in [-0.1, -0.05) is 27.7 Å². The summed E-state index contributed by atoms with van der Waals surface area (Å²) in [6.45, 7) is 9.46. The molecule has 0 spiro atoms. The summed E-state index contributed by atoms with van der Waals surface area (Å²) in [7, 11) is 0. The second kappa shape index (κ2) is 6.18. The Hall–Kier alpha value is -1.01. The molecule has 2 aromatic rings. The largest absolute Gasteiger partial charge is 0.369 e. The minimum absolute atomic E-state index is 0.0591. The van der Waals surface area contributed by atoms with E-state index in [1.54, 1.807) is 17.5 Å². The molecule has 108 valence electrons. The normalized spacial score (nSPS) is 11.7. The molecule has 0 amide bonds. The second-order valence-electron chi connectivity index (χ2n) is 5.57. The molecule has 20 heavy (non-hydrogen) atoms. The Balaban J connectivity index is 2.54. The van der Waals surface area contributed by atoms with Crippen molar-refractivity contribution in [2.24, 2.45) is 0 Å². The third-order valence-electron chi connectivity index (χ3n) is 2.73. The lowest BCUT2D eigenvalue weighted by atomic mass is 9.92. The number of aromatic nitrogens is 3. The Kier molecular flexibility index (Phi) is 4.75. The van der Waals surface area contributed by atoms with E-state index in [9.17, 15) is 0 Å². The van der Waals surface area contributed by atoms with Crippen LogP contribution in [-0.4, -0.2) is 21.5 Å². The summed E-state index contributed by atoms with van der Waals surface area (Å²) < 4.78 is 0.943. The Labute approximate surface area is 132 Å². The van der Waals surface area contributed by atoms with E-state index >= 15 is 0 Å². The first-order valence-corrected chi connectivity index (χ1v) is 8.32. The molecule has 0 aliphatic heterocycles. The van der Waals surface area contributed by atoms with Crippen molar-refractivity contribution in [3.63, 3.8) is 0 Å². The minimum Gasteiger partial charge on any atom is -0.369 e. The molecule has 0 bridgehead atoms. The highest BCUT2D eigenvalue weighted by Crippen LogP contribution is 2.34. The highest BCUT2D eigenvalue weighted by Gasteiger charge is 2.24. The maximum atomic E-state index is 4.70. The summed E-state index contributed by atoms with van der Waals surface area (Å²) >= 11 is 5.19. The number of halogens is 1. The van der Waals surface area contributed by atoms with Crippen LogP contribution in [0.3, 0.4) is 0 Å². The van der Waals surface area contributed by atoms with E-state index in [1.165, 1.54) is 0 Å². The summed E-state index contributed by atoms with van der Waals surface area (Å²) in [4.78, 5) is 13.6. The van der Waals surface area contributed by atoms with Crippen LogP contribution in [-0.2, 0) is 5.41 Å². The van der Waals surface area contributed by atoms with Gasteiger partial charge >= 0.3 is 0 Å². The van der Waals surface area contributed by atoms with Crippen molar-refractivity contribution in [1.82, 2.24) is 15.0 Å². The van der Waals surface area contributed by atoms with Crippen molar-refractivity contribution in [3.05, 3.63) is 21.7 Å². The van der Waals surface area contributed by atoms with Gasteiger partial charge in [0.1, 0.15) is 5.82 Å². The zero-order chi connectivity index (χ0) is 14.8. The van der Waals surface area contributed by atoms with Crippen LogP contribution in [0.5, 0.6) is 0 Å². The van der Waals surface area contributed by atoms with Crippen LogP contribution >= 0.6 is 27.3 Å². The van der Waals surface area contributed by atoms with Gasteiger partial charge in [0.2, 0.25) is 0 Å². The van der Waals surface area contributed by atoms with E-state index in [0.717, 1.165) is 34.0 Å². The van der Waals surface area contributed by atoms with Gasteiger partial charge in [0, 0.05) is 23.5 Å². The number of rotatable bonds is 4. The van der Waals surface area contributed by atoms with Crippen molar-refractivity contribution < 1.29 is 0 Å². The van der Waals surface area contributed by atoms with Crippen molar-refractivity contribution in [2.45, 2.75) is 39.5 Å². The van der Waals surface area contributed by atoms with Gasteiger partial charge < -0.3 is 5.32 Å². The lowest BCUT2D eigenvalue weighted by Gasteiger charge is -2.21. The average molecular weight is 355 g/mol. The fourth-order valence-electron chi connectivity index (χ4n) is 1.73. The lowest BCUT2D eigenvalue weighted by Crippen LogP contribution is -2.17. The number of nitrogens with one attached hydrogen (secondary N) is 1. The van der Waals surface area contributed by atoms with Crippen LogP contribution in [0.25, 0.3) is 10.8 Å². The van der Waals surface area contributed by atoms with Gasteiger partial charge in [-0.2, -0.15) is 0 Å². The average Bonchev–Trinajstić information content (AvgIpc) is 2.90. The van der Waals surface area contributed by atoms with Gasteiger partial charge in [0.15, 0.2) is 10.8 Å². The Morgan fingerprint density at radius 3 is 2.60 bits per heavy atom. The van der Waals surface area contributed by atoms with Crippen LogP contribution in [0.1, 0.15) is 39.8 Å². The predicted molar refractivity (Wildman–Crippen MR) is 88.3 cm³/mol. The van der Waals surface area contributed by atoms with Gasteiger partial charge in [-0.3, -0.25) is 0 Å². The molecule has 0 unspecified atom stereocenters. The van der Waals surface area contributed by atoms with Gasteiger partial charge in [-0.25, -0.2) is 15.0 Å². The molecule has 0 atom stereocenters. The molecule has 0 aliphatic rings. The lowest BCUT2D eigenvalue weighted by molar-refractivity contribution is 0.564. The molecule has 2 heterocycles. The van der Waals surface area contributed by atoms with Crippen molar-refractivity contribution in [1.29, 1.82) is 0 Å². The molecule has 0 fully saturated rings.